The Kier molecular flexibility index (Phi) is 6.71. The van der Waals surface area contributed by atoms with Gasteiger partial charge >= 0.3 is 0 Å². The van der Waals surface area contributed by atoms with Crippen LogP contribution in [0.5, 0.6) is 0 Å². The van der Waals surface area contributed by atoms with E-state index in [1.54, 1.807) is 12.1 Å². The minimum absolute atomic E-state index is 0.274. The maximum atomic E-state index is 14.2. The molecule has 37 heavy (non-hydrogen) atoms. The van der Waals surface area contributed by atoms with Crippen LogP contribution in [0.3, 0.4) is 0 Å². The van der Waals surface area contributed by atoms with Gasteiger partial charge in [-0.25, -0.2) is 9.37 Å². The molecule has 0 radical (unpaired) electrons. The van der Waals surface area contributed by atoms with E-state index in [0.29, 0.717) is 11.6 Å². The third-order valence-electron chi connectivity index (χ3n) is 6.54. The molecule has 3 heterocycles. The lowest BCUT2D eigenvalue weighted by molar-refractivity contribution is 0.416. The first-order valence-electron chi connectivity index (χ1n) is 12.4. The molecule has 3 aromatic heterocycles. The lowest BCUT2D eigenvalue weighted by Gasteiger charge is -2.25. The minimum Gasteiger partial charge on any atom is -0.384 e. The van der Waals surface area contributed by atoms with Crippen molar-refractivity contribution in [2.45, 2.75) is 6.92 Å². The zero-order chi connectivity index (χ0) is 26.1. The predicted molar refractivity (Wildman–Crippen MR) is 151 cm³/mol. The number of aryl methyl sites for hydroxylation is 1. The topological polar surface area (TPSA) is 77.0 Å². The molecule has 0 saturated heterocycles. The van der Waals surface area contributed by atoms with Gasteiger partial charge in [0.2, 0.25) is 5.95 Å². The van der Waals surface area contributed by atoms with Crippen molar-refractivity contribution in [1.29, 1.82) is 0 Å². The fourth-order valence-corrected chi connectivity index (χ4v) is 4.63. The summed E-state index contributed by atoms with van der Waals surface area (Å²) in [6.07, 6.45) is 3.84. The molecule has 5 rings (SSSR count). The van der Waals surface area contributed by atoms with Crippen LogP contribution < -0.4 is 15.5 Å². The van der Waals surface area contributed by atoms with Crippen LogP contribution in [0.1, 0.15) is 6.92 Å². The zero-order valence-electron chi connectivity index (χ0n) is 21.9. The van der Waals surface area contributed by atoms with Crippen molar-refractivity contribution in [2.24, 2.45) is 7.05 Å². The molecular weight excluding hydrogens is 467 g/mol. The Morgan fingerprint density at radius 2 is 1.84 bits per heavy atom. The normalized spacial score (nSPS) is 11.5. The SMILES string of the molecule is CCNc1cc(Nc2nc(-c3cn(C)c4ccc(F)cc34)c3cc[nH]c3n2)ccc1N(C)CCN(C)C. The molecule has 3 N–H and O–H groups in total. The van der Waals surface area contributed by atoms with E-state index in [-0.39, 0.29) is 5.82 Å². The van der Waals surface area contributed by atoms with Gasteiger partial charge in [0.25, 0.3) is 0 Å². The summed E-state index contributed by atoms with van der Waals surface area (Å²) in [5.74, 6) is 0.193. The van der Waals surface area contributed by atoms with Crippen molar-refractivity contribution in [1.82, 2.24) is 24.4 Å². The van der Waals surface area contributed by atoms with Crippen molar-refractivity contribution < 1.29 is 4.39 Å². The first-order chi connectivity index (χ1) is 17.8. The smallest absolute Gasteiger partial charge is 0.229 e. The average Bonchev–Trinajstić information content (AvgIpc) is 3.46. The van der Waals surface area contributed by atoms with Crippen LogP contribution in [-0.2, 0) is 7.05 Å². The van der Waals surface area contributed by atoms with Gasteiger partial charge in [0.1, 0.15) is 11.5 Å². The Bertz CT molecular complexity index is 1550. The van der Waals surface area contributed by atoms with Crippen molar-refractivity contribution in [3.05, 3.63) is 60.7 Å². The van der Waals surface area contributed by atoms with E-state index in [9.17, 15) is 4.39 Å². The molecule has 0 unspecified atom stereocenters. The van der Waals surface area contributed by atoms with Gasteiger partial charge in [-0.2, -0.15) is 4.98 Å². The number of likely N-dealkylation sites (N-methyl/N-ethyl adjacent to an activating group) is 2. The number of H-pyrrole nitrogens is 1. The van der Waals surface area contributed by atoms with Gasteiger partial charge < -0.3 is 30.0 Å². The quantitative estimate of drug-likeness (QED) is 0.251. The largest absolute Gasteiger partial charge is 0.384 e. The second kappa shape index (κ2) is 10.1. The molecule has 0 aliphatic carbocycles. The number of halogens is 1. The van der Waals surface area contributed by atoms with E-state index in [0.717, 1.165) is 64.2 Å². The van der Waals surface area contributed by atoms with Crippen LogP contribution in [0, 0.1) is 5.82 Å². The summed E-state index contributed by atoms with van der Waals surface area (Å²) >= 11 is 0. The van der Waals surface area contributed by atoms with Gasteiger partial charge in [-0.15, -0.1) is 0 Å². The Balaban J connectivity index is 1.53. The van der Waals surface area contributed by atoms with Gasteiger partial charge in [-0.05, 0) is 63.5 Å². The molecule has 0 saturated carbocycles. The molecule has 8 nitrogen and oxygen atoms in total. The number of aromatic amines is 1. The average molecular weight is 501 g/mol. The summed E-state index contributed by atoms with van der Waals surface area (Å²) in [5.41, 5.74) is 6.31. The number of hydrogen-bond donors (Lipinski definition) is 3. The van der Waals surface area contributed by atoms with Gasteiger partial charge in [0.05, 0.1) is 17.1 Å². The molecular formula is C28H33FN8. The van der Waals surface area contributed by atoms with E-state index in [4.69, 9.17) is 9.97 Å². The molecule has 0 amide bonds. The Labute approximate surface area is 216 Å². The highest BCUT2D eigenvalue weighted by atomic mass is 19.1. The van der Waals surface area contributed by atoms with Gasteiger partial charge in [-0.3, -0.25) is 0 Å². The molecule has 192 valence electrons. The van der Waals surface area contributed by atoms with Crippen LogP contribution in [0.2, 0.25) is 0 Å². The highest BCUT2D eigenvalue weighted by Gasteiger charge is 2.17. The fraction of sp³-hybridized carbons (Fsp3) is 0.286. The van der Waals surface area contributed by atoms with Gasteiger partial charge in [0.15, 0.2) is 0 Å². The van der Waals surface area contributed by atoms with Gasteiger partial charge in [0, 0.05) is 73.7 Å². The number of benzene rings is 2. The number of aromatic nitrogens is 4. The monoisotopic (exact) mass is 500 g/mol. The lowest BCUT2D eigenvalue weighted by Crippen LogP contribution is -2.29. The number of anilines is 4. The first-order valence-corrected chi connectivity index (χ1v) is 12.4. The Morgan fingerprint density at radius 3 is 2.62 bits per heavy atom. The van der Waals surface area contributed by atoms with Gasteiger partial charge in [-0.1, -0.05) is 0 Å². The predicted octanol–water partition coefficient (Wildman–Crippen LogP) is 5.43. The van der Waals surface area contributed by atoms with Crippen LogP contribution in [0.15, 0.2) is 54.9 Å². The number of nitrogens with zero attached hydrogens (tertiary/aromatic N) is 5. The maximum absolute atomic E-state index is 14.2. The van der Waals surface area contributed by atoms with Crippen LogP contribution in [0.4, 0.5) is 27.4 Å². The molecule has 0 aliphatic rings. The number of hydrogen-bond acceptors (Lipinski definition) is 6. The Morgan fingerprint density at radius 1 is 1.00 bits per heavy atom. The number of fused-ring (bicyclic) bond motifs is 2. The second-order valence-electron chi connectivity index (χ2n) is 9.56. The first kappa shape index (κ1) is 24.6. The third kappa shape index (κ3) is 4.95. The molecule has 0 aliphatic heterocycles. The summed E-state index contributed by atoms with van der Waals surface area (Å²) in [7, 11) is 8.22. The van der Waals surface area contributed by atoms with E-state index in [1.807, 2.05) is 36.1 Å². The van der Waals surface area contributed by atoms with Crippen molar-refractivity contribution in [2.75, 3.05) is 56.3 Å². The van der Waals surface area contributed by atoms with Crippen LogP contribution in [-0.4, -0.2) is 65.2 Å². The zero-order valence-corrected chi connectivity index (χ0v) is 21.9. The summed E-state index contributed by atoms with van der Waals surface area (Å²) in [6, 6.07) is 13.0. The standard InChI is InChI=1S/C28H33FN8/c1-6-30-23-16-19(8-10-25(23)36(4)14-13-35(2)3)32-28-33-26(20-11-12-31-27(20)34-28)22-17-37(5)24-9-7-18(29)15-21(22)24/h7-12,15-17,30H,6,13-14H2,1-5H3,(H2,31,32,33,34). The van der Waals surface area contributed by atoms with Crippen molar-refractivity contribution >= 4 is 44.9 Å². The summed E-state index contributed by atoms with van der Waals surface area (Å²) in [6.45, 7) is 4.78. The minimum atomic E-state index is -0.274. The molecule has 0 atom stereocenters. The molecule has 0 fully saturated rings. The summed E-state index contributed by atoms with van der Waals surface area (Å²) in [5, 5.41) is 8.57. The van der Waals surface area contributed by atoms with Crippen LogP contribution >= 0.6 is 0 Å². The Hall–Kier alpha value is -4.11. The molecule has 0 bridgehead atoms. The lowest BCUT2D eigenvalue weighted by atomic mass is 10.1. The van der Waals surface area contributed by atoms with E-state index in [1.165, 1.54) is 6.07 Å². The summed E-state index contributed by atoms with van der Waals surface area (Å²) in [4.78, 5) is 17.2. The number of rotatable bonds is 9. The van der Waals surface area contributed by atoms with Crippen LogP contribution in [0.25, 0.3) is 33.2 Å². The summed E-state index contributed by atoms with van der Waals surface area (Å²) < 4.78 is 16.2. The third-order valence-corrected chi connectivity index (χ3v) is 6.54. The van der Waals surface area contributed by atoms with Crippen molar-refractivity contribution in [3.8, 4) is 11.3 Å². The highest BCUT2D eigenvalue weighted by Crippen LogP contribution is 2.35. The van der Waals surface area contributed by atoms with E-state index in [2.05, 4.69) is 65.6 Å². The maximum Gasteiger partial charge on any atom is 0.229 e. The molecule has 9 heteroatoms. The highest BCUT2D eigenvalue weighted by molar-refractivity contribution is 6.02. The molecule has 2 aromatic carbocycles. The van der Waals surface area contributed by atoms with E-state index < -0.39 is 0 Å². The van der Waals surface area contributed by atoms with E-state index >= 15 is 0 Å². The number of nitrogens with one attached hydrogen (secondary N) is 3. The van der Waals surface area contributed by atoms with Crippen molar-refractivity contribution in [3.63, 3.8) is 0 Å². The molecule has 5 aromatic rings. The fourth-order valence-electron chi connectivity index (χ4n) is 4.63. The second-order valence-corrected chi connectivity index (χ2v) is 9.56. The molecule has 0 spiro atoms.